The molecule has 4 aromatic rings. The van der Waals surface area contributed by atoms with Crippen LogP contribution in [0.2, 0.25) is 0 Å². The van der Waals surface area contributed by atoms with E-state index < -0.39 is 0 Å². The van der Waals surface area contributed by atoms with Gasteiger partial charge in [-0.1, -0.05) is 28.1 Å². The third kappa shape index (κ3) is 3.84. The molecule has 33 heavy (non-hydrogen) atoms. The van der Waals surface area contributed by atoms with Crippen LogP contribution in [-0.4, -0.2) is 37.8 Å². The maximum Gasteiger partial charge on any atom is 0.282 e. The summed E-state index contributed by atoms with van der Waals surface area (Å²) in [7, 11) is 0. The van der Waals surface area contributed by atoms with Crippen molar-refractivity contribution in [2.24, 2.45) is 0 Å². The molecule has 3 N–H and O–H groups in total. The minimum absolute atomic E-state index is 0.0945. The summed E-state index contributed by atoms with van der Waals surface area (Å²) in [5, 5.41) is 14.9. The average Bonchev–Trinajstić information content (AvgIpc) is 3.50. The Morgan fingerprint density at radius 2 is 1.88 bits per heavy atom. The average molecular weight is 447 g/mol. The number of nitrogens with one attached hydrogen (secondary N) is 1. The molecule has 0 atom stereocenters. The van der Waals surface area contributed by atoms with Crippen molar-refractivity contribution in [3.8, 4) is 34.5 Å². The zero-order valence-electron chi connectivity index (χ0n) is 18.2. The van der Waals surface area contributed by atoms with Crippen LogP contribution in [-0.2, 0) is 11.3 Å². The van der Waals surface area contributed by atoms with Crippen molar-refractivity contribution in [1.29, 1.82) is 0 Å². The Labute approximate surface area is 188 Å². The Morgan fingerprint density at radius 3 is 2.67 bits per heavy atom. The van der Waals surface area contributed by atoms with Gasteiger partial charge in [-0.2, -0.15) is 4.98 Å². The number of aryl methyl sites for hydroxylation is 3. The molecule has 0 aliphatic carbocycles. The van der Waals surface area contributed by atoms with E-state index in [4.69, 9.17) is 19.7 Å². The van der Waals surface area contributed by atoms with Crippen LogP contribution in [0.4, 0.5) is 11.5 Å². The Hall–Kier alpha value is -4.41. The van der Waals surface area contributed by atoms with Crippen molar-refractivity contribution < 1.29 is 18.8 Å². The molecule has 0 bridgehead atoms. The fourth-order valence-corrected chi connectivity index (χ4v) is 3.75. The lowest BCUT2D eigenvalue weighted by atomic mass is 10.1. The molecular weight excluding hydrogens is 426 g/mol. The zero-order valence-corrected chi connectivity index (χ0v) is 18.2. The van der Waals surface area contributed by atoms with Gasteiger partial charge in [-0.25, -0.2) is 4.68 Å². The molecule has 1 aliphatic rings. The summed E-state index contributed by atoms with van der Waals surface area (Å²) in [6, 6.07) is 9.35. The number of carbonyl (C=O) groups is 1. The molecule has 1 amide bonds. The van der Waals surface area contributed by atoms with Crippen LogP contribution in [0.15, 0.2) is 34.9 Å². The first-order valence-electron chi connectivity index (χ1n) is 10.2. The number of carbonyl (C=O) groups excluding carboxylic acids is 1. The zero-order chi connectivity index (χ0) is 23.1. The summed E-state index contributed by atoms with van der Waals surface area (Å²) >= 11 is 0. The number of amides is 1. The summed E-state index contributed by atoms with van der Waals surface area (Å²) in [5.74, 6) is 1.55. The van der Waals surface area contributed by atoms with E-state index in [1.54, 1.807) is 18.2 Å². The first-order chi connectivity index (χ1) is 15.9. The molecule has 1 aliphatic heterocycles. The quantitative estimate of drug-likeness (QED) is 0.472. The van der Waals surface area contributed by atoms with Gasteiger partial charge in [-0.3, -0.25) is 4.79 Å². The third-order valence-electron chi connectivity index (χ3n) is 5.27. The number of nitrogen functional groups attached to an aromatic ring is 1. The van der Waals surface area contributed by atoms with Crippen LogP contribution < -0.4 is 20.5 Å². The molecule has 0 saturated heterocycles. The van der Waals surface area contributed by atoms with Gasteiger partial charge in [0.05, 0.1) is 0 Å². The molecule has 11 heteroatoms. The monoisotopic (exact) mass is 447 g/mol. The van der Waals surface area contributed by atoms with E-state index in [0.29, 0.717) is 22.9 Å². The lowest BCUT2D eigenvalue weighted by molar-refractivity contribution is -0.116. The van der Waals surface area contributed by atoms with Crippen LogP contribution in [0.25, 0.3) is 23.0 Å². The number of fused-ring (bicyclic) bond motifs is 1. The summed E-state index contributed by atoms with van der Waals surface area (Å²) in [5.41, 5.74) is 10.9. The highest BCUT2D eigenvalue weighted by molar-refractivity contribution is 5.92. The Balaban J connectivity index is 1.33. The minimum Gasteiger partial charge on any atom is -0.454 e. The van der Waals surface area contributed by atoms with Gasteiger partial charge in [0.25, 0.3) is 5.89 Å². The molecule has 0 spiro atoms. The van der Waals surface area contributed by atoms with Crippen LogP contribution in [0.3, 0.4) is 0 Å². The van der Waals surface area contributed by atoms with Crippen molar-refractivity contribution >= 4 is 17.4 Å². The molecule has 0 fully saturated rings. The van der Waals surface area contributed by atoms with Crippen molar-refractivity contribution in [3.63, 3.8) is 0 Å². The molecule has 0 unspecified atom stereocenters. The first kappa shape index (κ1) is 20.5. The van der Waals surface area contributed by atoms with Gasteiger partial charge in [0.2, 0.25) is 18.5 Å². The fourth-order valence-electron chi connectivity index (χ4n) is 3.75. The lowest BCUT2D eigenvalue weighted by Crippen LogP contribution is -2.21. The normalized spacial score (nSPS) is 12.2. The number of nitrogens with two attached hydrogens (primary N) is 1. The topological polar surface area (TPSA) is 143 Å². The van der Waals surface area contributed by atoms with E-state index >= 15 is 0 Å². The highest BCUT2D eigenvalue weighted by Gasteiger charge is 2.22. The van der Waals surface area contributed by atoms with Gasteiger partial charge >= 0.3 is 0 Å². The standard InChI is InChI=1S/C22H21N7O4/c1-11-6-12(2)18(13(3)7-11)24-17(30)9-29-20(23)19(26-28-29)22-25-21(27-33-22)14-4-5-15-16(8-14)32-10-31-15/h4-8H,9-10,23H2,1-3H3,(H,24,30). The van der Waals surface area contributed by atoms with Crippen LogP contribution >= 0.6 is 0 Å². The lowest BCUT2D eigenvalue weighted by Gasteiger charge is -2.13. The second-order valence-corrected chi connectivity index (χ2v) is 7.79. The van der Waals surface area contributed by atoms with Crippen LogP contribution in [0.1, 0.15) is 16.7 Å². The smallest absolute Gasteiger partial charge is 0.282 e. The van der Waals surface area contributed by atoms with Gasteiger partial charge in [-0.05, 0) is 50.1 Å². The number of aromatic nitrogens is 5. The Morgan fingerprint density at radius 1 is 1.12 bits per heavy atom. The van der Waals surface area contributed by atoms with Gasteiger partial charge in [0, 0.05) is 11.3 Å². The predicted octanol–water partition coefficient (Wildman–Crippen LogP) is 2.87. The highest BCUT2D eigenvalue weighted by atomic mass is 16.7. The van der Waals surface area contributed by atoms with Crippen molar-refractivity contribution in [2.45, 2.75) is 27.3 Å². The van der Waals surface area contributed by atoms with E-state index in [2.05, 4.69) is 25.8 Å². The van der Waals surface area contributed by atoms with E-state index in [-0.39, 0.29) is 36.6 Å². The molecule has 11 nitrogen and oxygen atoms in total. The minimum atomic E-state index is -0.278. The van der Waals surface area contributed by atoms with Gasteiger partial charge in [0.1, 0.15) is 6.54 Å². The largest absolute Gasteiger partial charge is 0.454 e. The van der Waals surface area contributed by atoms with E-state index in [0.717, 1.165) is 22.4 Å². The van der Waals surface area contributed by atoms with Crippen LogP contribution in [0, 0.1) is 20.8 Å². The van der Waals surface area contributed by atoms with E-state index in [1.165, 1.54) is 4.68 Å². The van der Waals surface area contributed by atoms with Gasteiger partial charge in [-0.15, -0.1) is 5.10 Å². The van der Waals surface area contributed by atoms with Crippen LogP contribution in [0.5, 0.6) is 11.5 Å². The van der Waals surface area contributed by atoms with Crippen molar-refractivity contribution in [2.75, 3.05) is 17.8 Å². The van der Waals surface area contributed by atoms with E-state index in [1.807, 2.05) is 32.9 Å². The molecule has 5 rings (SSSR count). The molecule has 2 aromatic carbocycles. The number of rotatable bonds is 5. The number of benzene rings is 2. The molecule has 168 valence electrons. The second-order valence-electron chi connectivity index (χ2n) is 7.79. The van der Waals surface area contributed by atoms with E-state index in [9.17, 15) is 4.79 Å². The summed E-state index contributed by atoms with van der Waals surface area (Å²) in [6.45, 7) is 5.97. The molecule has 3 heterocycles. The van der Waals surface area contributed by atoms with Crippen molar-refractivity contribution in [1.82, 2.24) is 25.1 Å². The number of nitrogens with zero attached hydrogens (tertiary/aromatic N) is 5. The third-order valence-corrected chi connectivity index (χ3v) is 5.27. The SMILES string of the molecule is Cc1cc(C)c(NC(=O)Cn2nnc(-c3nc(-c4ccc5c(c4)OCO5)no3)c2N)c(C)c1. The van der Waals surface area contributed by atoms with Gasteiger partial charge < -0.3 is 25.0 Å². The number of hydrogen-bond donors (Lipinski definition) is 2. The Kier molecular flexibility index (Phi) is 4.93. The predicted molar refractivity (Wildman–Crippen MR) is 119 cm³/mol. The molecule has 0 radical (unpaired) electrons. The van der Waals surface area contributed by atoms with Gasteiger partial charge in [0.15, 0.2) is 23.0 Å². The maximum absolute atomic E-state index is 12.6. The molecular formula is C22H21N7O4. The Bertz CT molecular complexity index is 1350. The summed E-state index contributed by atoms with van der Waals surface area (Å²) in [4.78, 5) is 17.0. The molecule has 0 saturated carbocycles. The molecule has 2 aromatic heterocycles. The summed E-state index contributed by atoms with van der Waals surface area (Å²) in [6.07, 6.45) is 0. The number of ether oxygens (including phenoxy) is 2. The number of anilines is 2. The first-order valence-corrected chi connectivity index (χ1v) is 10.2. The fraction of sp³-hybridized carbons (Fsp3) is 0.227. The summed E-state index contributed by atoms with van der Waals surface area (Å²) < 4.78 is 17.3. The number of hydrogen-bond acceptors (Lipinski definition) is 9. The second kappa shape index (κ2) is 7.93. The highest BCUT2D eigenvalue weighted by Crippen LogP contribution is 2.35. The maximum atomic E-state index is 12.6. The van der Waals surface area contributed by atoms with Crippen molar-refractivity contribution in [3.05, 3.63) is 47.0 Å².